The van der Waals surface area contributed by atoms with Gasteiger partial charge in [0.2, 0.25) is 6.29 Å². The molecule has 0 aromatic carbocycles. The van der Waals surface area contributed by atoms with Crippen molar-refractivity contribution in [1.82, 2.24) is 0 Å². The van der Waals surface area contributed by atoms with Gasteiger partial charge in [-0.05, 0) is 13.8 Å². The van der Waals surface area contributed by atoms with Crippen molar-refractivity contribution in [2.24, 2.45) is 0 Å². The number of esters is 1. The molecule has 5 heteroatoms. The summed E-state index contributed by atoms with van der Waals surface area (Å²) in [7, 11) is 0. The summed E-state index contributed by atoms with van der Waals surface area (Å²) < 4.78 is 14.4. The van der Waals surface area contributed by atoms with Crippen LogP contribution in [0.3, 0.4) is 0 Å². The first-order valence-corrected chi connectivity index (χ1v) is 4.01. The first kappa shape index (κ1) is 10.0. The molecule has 1 saturated heterocycles. The summed E-state index contributed by atoms with van der Waals surface area (Å²) in [5.74, 6) is -0.872. The molecule has 5 nitrogen and oxygen atoms in total. The van der Waals surface area contributed by atoms with Gasteiger partial charge in [0.15, 0.2) is 12.0 Å². The van der Waals surface area contributed by atoms with E-state index in [1.54, 1.807) is 13.8 Å². The molecular weight excluding hydrogens is 176 g/mol. The number of hydrogen-bond acceptors (Lipinski definition) is 5. The predicted octanol–water partition coefficient (Wildman–Crippen LogP) is 0.710. The first-order chi connectivity index (χ1) is 6.13. The zero-order valence-electron chi connectivity index (χ0n) is 7.52. The van der Waals surface area contributed by atoms with E-state index in [0.29, 0.717) is 0 Å². The molecule has 1 aliphatic rings. The van der Waals surface area contributed by atoms with Crippen LogP contribution in [0.15, 0.2) is 11.8 Å². The largest absolute Gasteiger partial charge is 0.507 e. The lowest BCUT2D eigenvalue weighted by Gasteiger charge is -2.32. The molecule has 13 heavy (non-hydrogen) atoms. The Morgan fingerprint density at radius 2 is 2.23 bits per heavy atom. The van der Waals surface area contributed by atoms with E-state index in [1.165, 1.54) is 0 Å². The monoisotopic (exact) mass is 188 g/mol. The summed E-state index contributed by atoms with van der Waals surface area (Å²) >= 11 is 0. The molecule has 1 N–H and O–H groups in total. The molecule has 0 atom stereocenters. The zero-order valence-corrected chi connectivity index (χ0v) is 7.52. The maximum Gasteiger partial charge on any atom is 0.334 e. The van der Waals surface area contributed by atoms with Crippen LogP contribution in [0.25, 0.3) is 0 Å². The normalized spacial score (nSPS) is 28.0. The fraction of sp³-hybridized carbons (Fsp3) is 0.625. The molecule has 0 aliphatic carbocycles. The lowest BCUT2D eigenvalue weighted by molar-refractivity contribution is -0.367. The number of carbonyl (C=O) groups is 1. The Kier molecular flexibility index (Phi) is 3.27. The summed E-state index contributed by atoms with van der Waals surface area (Å²) in [6.45, 7) is 3.64. The number of aliphatic hydroxyl groups excluding tert-OH is 1. The van der Waals surface area contributed by atoms with Crippen LogP contribution in [-0.2, 0) is 19.0 Å². The van der Waals surface area contributed by atoms with Gasteiger partial charge in [-0.15, -0.1) is 0 Å². The molecule has 1 heterocycles. The Morgan fingerprint density at radius 3 is 2.69 bits per heavy atom. The fourth-order valence-electron chi connectivity index (χ4n) is 0.870. The van der Waals surface area contributed by atoms with Crippen LogP contribution in [0, 0.1) is 0 Å². The molecule has 74 valence electrons. The van der Waals surface area contributed by atoms with E-state index in [9.17, 15) is 9.90 Å². The van der Waals surface area contributed by atoms with Gasteiger partial charge in [-0.25, -0.2) is 4.79 Å². The summed E-state index contributed by atoms with van der Waals surface area (Å²) in [5.41, 5.74) is 0. The predicted molar refractivity (Wildman–Crippen MR) is 42.8 cm³/mol. The van der Waals surface area contributed by atoms with Crippen LogP contribution in [0.1, 0.15) is 13.8 Å². The number of hydrogen-bond donors (Lipinski definition) is 1. The van der Waals surface area contributed by atoms with Gasteiger partial charge in [-0.3, -0.25) is 0 Å². The SMILES string of the molecule is CCOC(=O)C=C(O)C1OC(C)O1. The second-order valence-corrected chi connectivity index (χ2v) is 2.49. The quantitative estimate of drug-likeness (QED) is 0.401. The van der Waals surface area contributed by atoms with Crippen LogP contribution in [0.4, 0.5) is 0 Å². The molecular formula is C8H12O5. The Hall–Kier alpha value is -1.07. The molecule has 0 bridgehead atoms. The fourth-order valence-corrected chi connectivity index (χ4v) is 0.870. The van der Waals surface area contributed by atoms with Gasteiger partial charge in [0, 0.05) is 0 Å². The van der Waals surface area contributed by atoms with Crippen molar-refractivity contribution in [2.75, 3.05) is 6.61 Å². The topological polar surface area (TPSA) is 65.0 Å². The van der Waals surface area contributed by atoms with E-state index < -0.39 is 12.3 Å². The van der Waals surface area contributed by atoms with Gasteiger partial charge in [-0.1, -0.05) is 0 Å². The molecule has 1 fully saturated rings. The lowest BCUT2D eigenvalue weighted by Crippen LogP contribution is -2.40. The van der Waals surface area contributed by atoms with Gasteiger partial charge in [0.05, 0.1) is 12.7 Å². The first-order valence-electron chi connectivity index (χ1n) is 4.01. The van der Waals surface area contributed by atoms with Crippen LogP contribution in [0.5, 0.6) is 0 Å². The number of carbonyl (C=O) groups excluding carboxylic acids is 1. The second kappa shape index (κ2) is 4.25. The van der Waals surface area contributed by atoms with Crippen molar-refractivity contribution < 1.29 is 24.1 Å². The van der Waals surface area contributed by atoms with Crippen LogP contribution in [0.2, 0.25) is 0 Å². The summed E-state index contributed by atoms with van der Waals surface area (Å²) in [6, 6.07) is 0. The zero-order chi connectivity index (χ0) is 9.84. The van der Waals surface area contributed by atoms with Crippen molar-refractivity contribution >= 4 is 5.97 Å². The number of aliphatic hydroxyl groups is 1. The summed E-state index contributed by atoms with van der Waals surface area (Å²) in [6.07, 6.45) is -0.206. The van der Waals surface area contributed by atoms with E-state index >= 15 is 0 Å². The molecule has 0 unspecified atom stereocenters. The maximum absolute atomic E-state index is 10.8. The Morgan fingerprint density at radius 1 is 1.62 bits per heavy atom. The third-order valence-corrected chi connectivity index (χ3v) is 1.42. The minimum Gasteiger partial charge on any atom is -0.507 e. The highest BCUT2D eigenvalue weighted by atomic mass is 16.9. The van der Waals surface area contributed by atoms with Crippen molar-refractivity contribution in [2.45, 2.75) is 26.4 Å². The average Bonchev–Trinajstić information content (AvgIpc) is 1.99. The van der Waals surface area contributed by atoms with Crippen LogP contribution in [-0.4, -0.2) is 30.3 Å². The highest BCUT2D eigenvalue weighted by Crippen LogP contribution is 2.20. The smallest absolute Gasteiger partial charge is 0.334 e. The van der Waals surface area contributed by atoms with E-state index in [0.717, 1.165) is 6.08 Å². The molecule has 0 saturated carbocycles. The van der Waals surface area contributed by atoms with Gasteiger partial charge in [0.1, 0.15) is 0 Å². The van der Waals surface area contributed by atoms with Crippen molar-refractivity contribution in [3.63, 3.8) is 0 Å². The van der Waals surface area contributed by atoms with E-state index in [-0.39, 0.29) is 18.7 Å². The molecule has 1 rings (SSSR count). The lowest BCUT2D eigenvalue weighted by atomic mass is 10.4. The molecule has 0 aromatic rings. The summed E-state index contributed by atoms with van der Waals surface area (Å²) in [5, 5.41) is 9.19. The van der Waals surface area contributed by atoms with Crippen LogP contribution >= 0.6 is 0 Å². The summed E-state index contributed by atoms with van der Waals surface area (Å²) in [4.78, 5) is 10.8. The molecule has 0 spiro atoms. The Labute approximate surface area is 75.9 Å². The van der Waals surface area contributed by atoms with E-state index in [4.69, 9.17) is 9.47 Å². The molecule has 1 aliphatic heterocycles. The minimum atomic E-state index is -0.820. The Balaban J connectivity index is 2.37. The minimum absolute atomic E-state index is 0.267. The molecule has 0 radical (unpaired) electrons. The maximum atomic E-state index is 10.8. The average molecular weight is 188 g/mol. The third-order valence-electron chi connectivity index (χ3n) is 1.42. The van der Waals surface area contributed by atoms with E-state index in [1.807, 2.05) is 0 Å². The van der Waals surface area contributed by atoms with Crippen molar-refractivity contribution in [3.05, 3.63) is 11.8 Å². The molecule has 0 aromatic heterocycles. The van der Waals surface area contributed by atoms with Crippen LogP contribution < -0.4 is 0 Å². The number of ether oxygens (including phenoxy) is 3. The standard InChI is InChI=1S/C8H12O5/c1-3-11-7(10)4-6(9)8-12-5(2)13-8/h4-5,8-9H,3H2,1-2H3. The molecule has 0 amide bonds. The van der Waals surface area contributed by atoms with Crippen molar-refractivity contribution in [3.8, 4) is 0 Å². The number of rotatable bonds is 3. The third kappa shape index (κ3) is 2.71. The highest BCUT2D eigenvalue weighted by molar-refractivity contribution is 5.82. The highest BCUT2D eigenvalue weighted by Gasteiger charge is 2.30. The van der Waals surface area contributed by atoms with Crippen molar-refractivity contribution in [1.29, 1.82) is 0 Å². The van der Waals surface area contributed by atoms with Gasteiger partial charge in [0.25, 0.3) is 0 Å². The second-order valence-electron chi connectivity index (χ2n) is 2.49. The van der Waals surface area contributed by atoms with Gasteiger partial charge in [-0.2, -0.15) is 0 Å². The van der Waals surface area contributed by atoms with Gasteiger partial charge < -0.3 is 19.3 Å². The van der Waals surface area contributed by atoms with Gasteiger partial charge >= 0.3 is 5.97 Å². The Bertz CT molecular complexity index is 217. The van der Waals surface area contributed by atoms with E-state index in [2.05, 4.69) is 4.74 Å².